The van der Waals surface area contributed by atoms with E-state index in [1.165, 1.54) is 0 Å². The van der Waals surface area contributed by atoms with E-state index in [-0.39, 0.29) is 12.1 Å². The quantitative estimate of drug-likeness (QED) is 0.785. The number of hydrogen-bond acceptors (Lipinski definition) is 3. The Hall–Kier alpha value is -0.770. The lowest BCUT2D eigenvalue weighted by Gasteiger charge is -2.31. The van der Waals surface area contributed by atoms with Crippen molar-refractivity contribution in [2.24, 2.45) is 5.92 Å². The monoisotopic (exact) mass is 299 g/mol. The van der Waals surface area contributed by atoms with E-state index >= 15 is 0 Å². The molecule has 1 aromatic rings. The van der Waals surface area contributed by atoms with Crippen molar-refractivity contribution < 1.29 is 9.47 Å². The van der Waals surface area contributed by atoms with Crippen LogP contribution in [-0.2, 0) is 4.74 Å². The summed E-state index contributed by atoms with van der Waals surface area (Å²) < 4.78 is 11.3. The predicted molar refractivity (Wildman–Crippen MR) is 84.7 cm³/mol. The number of likely N-dealkylation sites (N-methyl/N-ethyl adjacent to an activating group) is 1. The zero-order valence-electron chi connectivity index (χ0n) is 13.1. The largest absolute Gasteiger partial charge is 0.495 e. The Labute approximate surface area is 127 Å². The number of hydrogen-bond donors (Lipinski definition) is 1. The summed E-state index contributed by atoms with van der Waals surface area (Å²) in [5.74, 6) is 1.12. The van der Waals surface area contributed by atoms with Crippen LogP contribution in [0.3, 0.4) is 0 Å². The standard InChI is InChI=1S/C16H26ClNO2/c1-6-18-15(16(11(3)4)20-7-2)12-8-9-13(17)14(10-12)19-5/h8-11,15-16,18H,6-7H2,1-5H3. The number of halogens is 1. The van der Waals surface area contributed by atoms with E-state index in [4.69, 9.17) is 21.1 Å². The highest BCUT2D eigenvalue weighted by atomic mass is 35.5. The Bertz CT molecular complexity index is 409. The fraction of sp³-hybridized carbons (Fsp3) is 0.625. The molecule has 0 aliphatic rings. The molecule has 4 heteroatoms. The molecule has 0 spiro atoms. The van der Waals surface area contributed by atoms with E-state index in [2.05, 4.69) is 26.1 Å². The normalized spacial score (nSPS) is 14.3. The number of benzene rings is 1. The zero-order valence-corrected chi connectivity index (χ0v) is 13.8. The molecule has 0 saturated heterocycles. The third-order valence-electron chi connectivity index (χ3n) is 3.30. The van der Waals surface area contributed by atoms with Gasteiger partial charge in [0.1, 0.15) is 5.75 Å². The third-order valence-corrected chi connectivity index (χ3v) is 3.62. The topological polar surface area (TPSA) is 30.5 Å². The summed E-state index contributed by atoms with van der Waals surface area (Å²) >= 11 is 6.10. The molecule has 1 rings (SSSR count). The smallest absolute Gasteiger partial charge is 0.137 e. The van der Waals surface area contributed by atoms with Crippen LogP contribution < -0.4 is 10.1 Å². The fourth-order valence-corrected chi connectivity index (χ4v) is 2.57. The van der Waals surface area contributed by atoms with Gasteiger partial charge in [0.05, 0.1) is 24.3 Å². The molecule has 0 fully saturated rings. The Morgan fingerprint density at radius 1 is 1.25 bits per heavy atom. The SMILES string of the molecule is CCNC(c1ccc(Cl)c(OC)c1)C(OCC)C(C)C. The first-order valence-corrected chi connectivity index (χ1v) is 7.61. The van der Waals surface area contributed by atoms with Crippen LogP contribution in [-0.4, -0.2) is 26.4 Å². The molecule has 114 valence electrons. The second-order valence-corrected chi connectivity index (χ2v) is 5.50. The first kappa shape index (κ1) is 17.3. The predicted octanol–water partition coefficient (Wildman–Crippen LogP) is 4.06. The molecule has 1 aromatic carbocycles. The van der Waals surface area contributed by atoms with Crippen LogP contribution in [0.15, 0.2) is 18.2 Å². The van der Waals surface area contributed by atoms with Crippen molar-refractivity contribution in [3.8, 4) is 5.75 Å². The van der Waals surface area contributed by atoms with Gasteiger partial charge in [0.15, 0.2) is 0 Å². The molecular formula is C16H26ClNO2. The maximum atomic E-state index is 6.10. The molecule has 2 unspecified atom stereocenters. The maximum absolute atomic E-state index is 6.10. The van der Waals surface area contributed by atoms with Gasteiger partial charge in [0.25, 0.3) is 0 Å². The zero-order chi connectivity index (χ0) is 15.1. The first-order valence-electron chi connectivity index (χ1n) is 7.23. The van der Waals surface area contributed by atoms with E-state index in [1.807, 2.05) is 25.1 Å². The molecular weight excluding hydrogens is 274 g/mol. The molecule has 20 heavy (non-hydrogen) atoms. The van der Waals surface area contributed by atoms with E-state index in [0.717, 1.165) is 12.1 Å². The molecule has 0 aliphatic heterocycles. The summed E-state index contributed by atoms with van der Waals surface area (Å²) in [6.07, 6.45) is 0.117. The fourth-order valence-electron chi connectivity index (χ4n) is 2.38. The second kappa shape index (κ2) is 8.50. The van der Waals surface area contributed by atoms with Gasteiger partial charge in [-0.15, -0.1) is 0 Å². The summed E-state index contributed by atoms with van der Waals surface area (Å²) in [5.41, 5.74) is 1.14. The number of rotatable bonds is 8. The second-order valence-electron chi connectivity index (χ2n) is 5.09. The van der Waals surface area contributed by atoms with E-state index in [9.17, 15) is 0 Å². The Morgan fingerprint density at radius 2 is 1.95 bits per heavy atom. The molecule has 0 saturated carbocycles. The summed E-state index contributed by atoms with van der Waals surface area (Å²) in [5, 5.41) is 4.14. The van der Waals surface area contributed by atoms with Gasteiger partial charge < -0.3 is 14.8 Å². The molecule has 0 aliphatic carbocycles. The van der Waals surface area contributed by atoms with Crippen LogP contribution >= 0.6 is 11.6 Å². The van der Waals surface area contributed by atoms with E-state index in [0.29, 0.717) is 23.3 Å². The van der Waals surface area contributed by atoms with Crippen molar-refractivity contribution in [2.45, 2.75) is 39.8 Å². The molecule has 2 atom stereocenters. The third kappa shape index (κ3) is 4.37. The lowest BCUT2D eigenvalue weighted by Crippen LogP contribution is -2.37. The minimum Gasteiger partial charge on any atom is -0.495 e. The van der Waals surface area contributed by atoms with Crippen molar-refractivity contribution >= 4 is 11.6 Å². The lowest BCUT2D eigenvalue weighted by molar-refractivity contribution is 0.00314. The van der Waals surface area contributed by atoms with Crippen molar-refractivity contribution in [2.75, 3.05) is 20.3 Å². The minimum absolute atomic E-state index is 0.117. The first-order chi connectivity index (χ1) is 9.54. The summed E-state index contributed by atoms with van der Waals surface area (Å²) in [4.78, 5) is 0. The van der Waals surface area contributed by atoms with Gasteiger partial charge in [0.2, 0.25) is 0 Å². The van der Waals surface area contributed by atoms with Crippen LogP contribution in [0.25, 0.3) is 0 Å². The van der Waals surface area contributed by atoms with Gasteiger partial charge in [-0.05, 0) is 37.1 Å². The summed E-state index contributed by atoms with van der Waals surface area (Å²) in [7, 11) is 1.63. The highest BCUT2D eigenvalue weighted by Crippen LogP contribution is 2.31. The maximum Gasteiger partial charge on any atom is 0.137 e. The van der Waals surface area contributed by atoms with Gasteiger partial charge in [-0.25, -0.2) is 0 Å². The summed E-state index contributed by atoms with van der Waals surface area (Å²) in [6.45, 7) is 10.1. The Balaban J connectivity index is 3.11. The van der Waals surface area contributed by atoms with Crippen LogP contribution in [0.4, 0.5) is 0 Å². The summed E-state index contributed by atoms with van der Waals surface area (Å²) in [6, 6.07) is 6.03. The van der Waals surface area contributed by atoms with Crippen LogP contribution in [0, 0.1) is 5.92 Å². The van der Waals surface area contributed by atoms with Gasteiger partial charge >= 0.3 is 0 Å². The van der Waals surface area contributed by atoms with Crippen LogP contribution in [0.5, 0.6) is 5.75 Å². The van der Waals surface area contributed by atoms with Gasteiger partial charge in [-0.1, -0.05) is 38.4 Å². The highest BCUT2D eigenvalue weighted by molar-refractivity contribution is 6.32. The molecule has 0 amide bonds. The average molecular weight is 300 g/mol. The van der Waals surface area contributed by atoms with Gasteiger partial charge in [0, 0.05) is 6.61 Å². The number of ether oxygens (including phenoxy) is 2. The minimum atomic E-state index is 0.117. The van der Waals surface area contributed by atoms with Crippen molar-refractivity contribution in [1.29, 1.82) is 0 Å². The van der Waals surface area contributed by atoms with Crippen LogP contribution in [0.2, 0.25) is 5.02 Å². The molecule has 3 nitrogen and oxygen atoms in total. The average Bonchev–Trinajstić information content (AvgIpc) is 2.43. The number of nitrogens with one attached hydrogen (secondary N) is 1. The molecule has 0 heterocycles. The van der Waals surface area contributed by atoms with Crippen LogP contribution in [0.1, 0.15) is 39.3 Å². The van der Waals surface area contributed by atoms with Crippen molar-refractivity contribution in [3.63, 3.8) is 0 Å². The Morgan fingerprint density at radius 3 is 2.45 bits per heavy atom. The molecule has 0 aromatic heterocycles. The van der Waals surface area contributed by atoms with E-state index in [1.54, 1.807) is 7.11 Å². The molecule has 0 bridgehead atoms. The molecule has 0 radical (unpaired) electrons. The van der Waals surface area contributed by atoms with Crippen molar-refractivity contribution in [3.05, 3.63) is 28.8 Å². The molecule has 1 N–H and O–H groups in total. The van der Waals surface area contributed by atoms with E-state index < -0.39 is 0 Å². The van der Waals surface area contributed by atoms with Gasteiger partial charge in [-0.3, -0.25) is 0 Å². The highest BCUT2D eigenvalue weighted by Gasteiger charge is 2.26. The lowest BCUT2D eigenvalue weighted by atomic mass is 9.93. The van der Waals surface area contributed by atoms with Crippen molar-refractivity contribution in [1.82, 2.24) is 5.32 Å². The number of methoxy groups -OCH3 is 1. The Kier molecular flexibility index (Phi) is 7.35. The van der Waals surface area contributed by atoms with Gasteiger partial charge in [-0.2, -0.15) is 0 Å².